The van der Waals surface area contributed by atoms with Crippen LogP contribution >= 0.6 is 23.2 Å². The topological polar surface area (TPSA) is 54.3 Å². The summed E-state index contributed by atoms with van der Waals surface area (Å²) in [6.07, 6.45) is 0. The second-order valence-corrected chi connectivity index (χ2v) is 7.58. The molecule has 0 atom stereocenters. The fraction of sp³-hybridized carbons (Fsp3) is 0.227. The molecule has 0 radical (unpaired) electrons. The van der Waals surface area contributed by atoms with Crippen LogP contribution in [0.5, 0.6) is 0 Å². The average Bonchev–Trinajstić information content (AvgIpc) is 2.88. The number of hydrogen-bond donors (Lipinski definition) is 2. The van der Waals surface area contributed by atoms with Crippen LogP contribution in [0.2, 0.25) is 10.0 Å². The van der Waals surface area contributed by atoms with E-state index < -0.39 is 5.97 Å². The number of carboxylic acids is 1. The van der Waals surface area contributed by atoms with Gasteiger partial charge in [-0.25, -0.2) is 4.79 Å². The Kier molecular flexibility index (Phi) is 6.45. The van der Waals surface area contributed by atoms with Gasteiger partial charge in [-0.15, -0.1) is 0 Å². The standard InChI is InChI=1S/C22H22Cl2N2O2/c1-14-19(12-25-11-17-7-3-4-9-20(17)24)21(22(27)28)15(2)26(14)13-16-6-5-8-18(23)10-16/h3-10,25H,11-13H2,1-2H3,(H,27,28). The first-order valence-electron chi connectivity index (χ1n) is 8.99. The smallest absolute Gasteiger partial charge is 0.337 e. The molecule has 0 bridgehead atoms. The van der Waals surface area contributed by atoms with Gasteiger partial charge in [0.2, 0.25) is 0 Å². The van der Waals surface area contributed by atoms with Crippen molar-refractivity contribution in [1.82, 2.24) is 9.88 Å². The lowest BCUT2D eigenvalue weighted by Crippen LogP contribution is -2.15. The van der Waals surface area contributed by atoms with Crippen LogP contribution in [-0.2, 0) is 19.6 Å². The first kappa shape index (κ1) is 20.5. The predicted molar refractivity (Wildman–Crippen MR) is 113 cm³/mol. The molecule has 0 aliphatic heterocycles. The lowest BCUT2D eigenvalue weighted by molar-refractivity contribution is 0.0694. The van der Waals surface area contributed by atoms with E-state index in [-0.39, 0.29) is 0 Å². The molecule has 6 heteroatoms. The molecule has 0 fully saturated rings. The highest BCUT2D eigenvalue weighted by molar-refractivity contribution is 6.31. The van der Waals surface area contributed by atoms with Gasteiger partial charge in [-0.1, -0.05) is 53.5 Å². The molecule has 0 unspecified atom stereocenters. The maximum atomic E-state index is 11.9. The normalized spacial score (nSPS) is 11.0. The van der Waals surface area contributed by atoms with E-state index in [4.69, 9.17) is 23.2 Å². The van der Waals surface area contributed by atoms with E-state index >= 15 is 0 Å². The second kappa shape index (κ2) is 8.82. The van der Waals surface area contributed by atoms with Crippen LogP contribution in [0, 0.1) is 13.8 Å². The summed E-state index contributed by atoms with van der Waals surface area (Å²) in [7, 11) is 0. The van der Waals surface area contributed by atoms with Gasteiger partial charge in [0, 0.05) is 46.6 Å². The minimum atomic E-state index is -0.917. The lowest BCUT2D eigenvalue weighted by Gasteiger charge is -2.11. The van der Waals surface area contributed by atoms with Gasteiger partial charge < -0.3 is 15.0 Å². The van der Waals surface area contributed by atoms with Crippen LogP contribution in [0.4, 0.5) is 0 Å². The highest BCUT2D eigenvalue weighted by Crippen LogP contribution is 2.25. The molecule has 3 aromatic rings. The fourth-order valence-electron chi connectivity index (χ4n) is 3.47. The minimum absolute atomic E-state index is 0.353. The first-order chi connectivity index (χ1) is 13.4. The molecule has 0 spiro atoms. The average molecular weight is 417 g/mol. The van der Waals surface area contributed by atoms with E-state index in [0.717, 1.165) is 28.1 Å². The van der Waals surface area contributed by atoms with Gasteiger partial charge in [0.1, 0.15) is 0 Å². The van der Waals surface area contributed by atoms with Gasteiger partial charge in [-0.2, -0.15) is 0 Å². The van der Waals surface area contributed by atoms with Crippen molar-refractivity contribution in [2.75, 3.05) is 0 Å². The third-order valence-corrected chi connectivity index (χ3v) is 5.53. The van der Waals surface area contributed by atoms with Gasteiger partial charge in [-0.3, -0.25) is 0 Å². The molecule has 2 N–H and O–H groups in total. The van der Waals surface area contributed by atoms with Gasteiger partial charge in [-0.05, 0) is 43.2 Å². The molecular weight excluding hydrogens is 395 g/mol. The summed E-state index contributed by atoms with van der Waals surface area (Å²) < 4.78 is 2.03. The van der Waals surface area contributed by atoms with Crippen LogP contribution in [0.25, 0.3) is 0 Å². The Balaban J connectivity index is 1.86. The Hall–Kier alpha value is -2.27. The highest BCUT2D eigenvalue weighted by atomic mass is 35.5. The lowest BCUT2D eigenvalue weighted by atomic mass is 10.1. The van der Waals surface area contributed by atoms with Crippen LogP contribution in [0.1, 0.15) is 38.4 Å². The quantitative estimate of drug-likeness (QED) is 0.538. The van der Waals surface area contributed by atoms with Gasteiger partial charge in [0.25, 0.3) is 0 Å². The van der Waals surface area contributed by atoms with Crippen molar-refractivity contribution in [3.8, 4) is 0 Å². The van der Waals surface area contributed by atoms with Crippen LogP contribution in [-0.4, -0.2) is 15.6 Å². The number of carbonyl (C=O) groups is 1. The number of carboxylic acid groups (broad SMARTS) is 1. The van der Waals surface area contributed by atoms with E-state index in [1.54, 1.807) is 0 Å². The second-order valence-electron chi connectivity index (χ2n) is 6.74. The number of nitrogens with zero attached hydrogens (tertiary/aromatic N) is 1. The third kappa shape index (κ3) is 4.41. The number of hydrogen-bond acceptors (Lipinski definition) is 2. The summed E-state index contributed by atoms with van der Waals surface area (Å²) in [5.74, 6) is -0.917. The molecular formula is C22H22Cl2N2O2. The summed E-state index contributed by atoms with van der Waals surface area (Å²) in [5.41, 5.74) is 4.82. The summed E-state index contributed by atoms with van der Waals surface area (Å²) in [4.78, 5) is 11.9. The predicted octanol–water partition coefficient (Wildman–Crippen LogP) is 5.45. The molecule has 1 aromatic heterocycles. The number of nitrogens with one attached hydrogen (secondary N) is 1. The van der Waals surface area contributed by atoms with Crippen molar-refractivity contribution >= 4 is 29.2 Å². The largest absolute Gasteiger partial charge is 0.478 e. The molecule has 28 heavy (non-hydrogen) atoms. The summed E-state index contributed by atoms with van der Waals surface area (Å²) in [6.45, 7) is 5.39. The van der Waals surface area contributed by atoms with Crippen molar-refractivity contribution in [1.29, 1.82) is 0 Å². The van der Waals surface area contributed by atoms with Crippen molar-refractivity contribution in [3.63, 3.8) is 0 Å². The fourth-order valence-corrected chi connectivity index (χ4v) is 3.88. The zero-order valence-corrected chi connectivity index (χ0v) is 17.3. The van der Waals surface area contributed by atoms with E-state index in [9.17, 15) is 9.90 Å². The van der Waals surface area contributed by atoms with Crippen LogP contribution in [0.3, 0.4) is 0 Å². The number of aromatic carboxylic acids is 1. The summed E-state index contributed by atoms with van der Waals surface area (Å²) >= 11 is 12.3. The summed E-state index contributed by atoms with van der Waals surface area (Å²) in [6, 6.07) is 15.2. The molecule has 1 heterocycles. The minimum Gasteiger partial charge on any atom is -0.478 e. The summed E-state index contributed by atoms with van der Waals surface area (Å²) in [5, 5.41) is 14.5. The Labute approximate surface area is 174 Å². The molecule has 0 aliphatic rings. The number of halogens is 2. The van der Waals surface area contributed by atoms with Crippen molar-refractivity contribution in [2.45, 2.75) is 33.5 Å². The Bertz CT molecular complexity index is 1010. The first-order valence-corrected chi connectivity index (χ1v) is 9.74. The van der Waals surface area contributed by atoms with E-state index in [2.05, 4.69) is 5.32 Å². The van der Waals surface area contributed by atoms with Crippen LogP contribution < -0.4 is 5.32 Å². The zero-order valence-electron chi connectivity index (χ0n) is 15.8. The maximum absolute atomic E-state index is 11.9. The third-order valence-electron chi connectivity index (χ3n) is 4.93. The monoisotopic (exact) mass is 416 g/mol. The molecule has 2 aromatic carbocycles. The Morgan fingerprint density at radius 2 is 1.79 bits per heavy atom. The van der Waals surface area contributed by atoms with Crippen molar-refractivity contribution < 1.29 is 9.90 Å². The van der Waals surface area contributed by atoms with Crippen molar-refractivity contribution in [3.05, 3.63) is 92.2 Å². The molecule has 4 nitrogen and oxygen atoms in total. The molecule has 0 saturated carbocycles. The van der Waals surface area contributed by atoms with E-state index in [1.807, 2.05) is 66.9 Å². The van der Waals surface area contributed by atoms with Gasteiger partial charge >= 0.3 is 5.97 Å². The van der Waals surface area contributed by atoms with Crippen LogP contribution in [0.15, 0.2) is 48.5 Å². The molecule has 0 aliphatic carbocycles. The van der Waals surface area contributed by atoms with E-state index in [0.29, 0.717) is 35.2 Å². The van der Waals surface area contributed by atoms with E-state index in [1.165, 1.54) is 0 Å². The highest BCUT2D eigenvalue weighted by Gasteiger charge is 2.22. The zero-order chi connectivity index (χ0) is 20.3. The van der Waals surface area contributed by atoms with Crippen molar-refractivity contribution in [2.24, 2.45) is 0 Å². The molecule has 146 valence electrons. The molecule has 0 amide bonds. The SMILES string of the molecule is Cc1c(CNCc2ccccc2Cl)c(C(=O)O)c(C)n1Cc1cccc(Cl)c1. The number of aromatic nitrogens is 1. The van der Waals surface area contributed by atoms with Gasteiger partial charge in [0.05, 0.1) is 5.56 Å². The number of rotatable bonds is 7. The Morgan fingerprint density at radius 1 is 1.04 bits per heavy atom. The van der Waals surface area contributed by atoms with Gasteiger partial charge in [0.15, 0.2) is 0 Å². The Morgan fingerprint density at radius 3 is 2.46 bits per heavy atom. The molecule has 3 rings (SSSR count). The molecule has 0 saturated heterocycles. The maximum Gasteiger partial charge on any atom is 0.337 e. The number of benzene rings is 2.